The van der Waals surface area contributed by atoms with Gasteiger partial charge in [0.05, 0.1) is 19.8 Å². The Morgan fingerprint density at radius 2 is 0.825 bits per heavy atom. The Kier molecular flexibility index (Phi) is 45.0. The second kappa shape index (κ2) is 45.9. The van der Waals surface area contributed by atoms with E-state index < -0.39 is 0 Å². The summed E-state index contributed by atoms with van der Waals surface area (Å²) in [5.41, 5.74) is 0. The Morgan fingerprint density at radius 3 is 1.30 bits per heavy atom. The summed E-state index contributed by atoms with van der Waals surface area (Å²) in [5.74, 6) is 1.13. The first-order valence-electron chi connectivity index (χ1n) is 25.7. The Hall–Kier alpha value is -1.14. The van der Waals surface area contributed by atoms with E-state index in [1.165, 1.54) is 167 Å². The number of nitrogens with zero attached hydrogens (tertiary/aromatic N) is 1. The Labute approximate surface area is 356 Å². The highest BCUT2D eigenvalue weighted by Gasteiger charge is 2.16. The van der Waals surface area contributed by atoms with Crippen LogP contribution in [-0.2, 0) is 19.1 Å². The Bertz CT molecular complexity index is 805. The maximum atomic E-state index is 13.3. The standard InChI is InChI=1S/C51H101NO5/c1-5-9-13-17-21-29-37-48(36-28-16-12-8-4)38-30-22-20-25-33-41-50(54)52(44-46-56-47-45-53)43-35-27-26-34-42-51(55)57-49(39-31-23-18-14-10-6-2)40-32-24-19-15-11-7-3/h48-49,53H,5-47H2,1-4H3. The average Bonchev–Trinajstić information content (AvgIpc) is 3.21. The predicted octanol–water partition coefficient (Wildman–Crippen LogP) is 15.3. The number of hydrogen-bond donors (Lipinski definition) is 1. The van der Waals surface area contributed by atoms with Crippen LogP contribution in [-0.4, -0.2) is 60.9 Å². The SMILES string of the molecule is CCCCCCCCC(CCCCCC)CCCCCCCC(=O)N(CCCCCCC(=O)OC(CCCCCCCC)CCCCCCCC)CCOCCO. The molecule has 0 bridgehead atoms. The van der Waals surface area contributed by atoms with Crippen LogP contribution < -0.4 is 0 Å². The fourth-order valence-corrected chi connectivity index (χ4v) is 8.34. The highest BCUT2D eigenvalue weighted by atomic mass is 16.5. The van der Waals surface area contributed by atoms with E-state index in [4.69, 9.17) is 14.6 Å². The van der Waals surface area contributed by atoms with Crippen molar-refractivity contribution in [3.63, 3.8) is 0 Å². The van der Waals surface area contributed by atoms with Crippen LogP contribution in [0, 0.1) is 5.92 Å². The smallest absolute Gasteiger partial charge is 0.306 e. The molecule has 6 nitrogen and oxygen atoms in total. The molecule has 1 amide bonds. The number of aliphatic hydroxyl groups is 1. The molecule has 340 valence electrons. The molecule has 0 aliphatic rings. The summed E-state index contributed by atoms with van der Waals surface area (Å²) < 4.78 is 11.6. The zero-order valence-electron chi connectivity index (χ0n) is 39.1. The molecule has 6 heteroatoms. The van der Waals surface area contributed by atoms with E-state index in [1.54, 1.807) is 0 Å². The van der Waals surface area contributed by atoms with E-state index in [2.05, 4.69) is 27.7 Å². The van der Waals surface area contributed by atoms with Crippen molar-refractivity contribution in [2.45, 2.75) is 278 Å². The molecule has 0 saturated carbocycles. The molecule has 1 unspecified atom stereocenters. The molecule has 0 aromatic carbocycles. The molecule has 1 N–H and O–H groups in total. The van der Waals surface area contributed by atoms with Gasteiger partial charge in [-0.15, -0.1) is 0 Å². The zero-order valence-corrected chi connectivity index (χ0v) is 39.1. The maximum Gasteiger partial charge on any atom is 0.306 e. The highest BCUT2D eigenvalue weighted by molar-refractivity contribution is 5.76. The number of unbranched alkanes of at least 4 members (excludes halogenated alkanes) is 25. The van der Waals surface area contributed by atoms with E-state index >= 15 is 0 Å². The van der Waals surface area contributed by atoms with Gasteiger partial charge in [0.15, 0.2) is 0 Å². The van der Waals surface area contributed by atoms with Gasteiger partial charge in [0.1, 0.15) is 6.10 Å². The van der Waals surface area contributed by atoms with E-state index in [9.17, 15) is 9.59 Å². The van der Waals surface area contributed by atoms with Crippen LogP contribution in [0.5, 0.6) is 0 Å². The summed E-state index contributed by atoms with van der Waals surface area (Å²) >= 11 is 0. The van der Waals surface area contributed by atoms with Crippen molar-refractivity contribution < 1.29 is 24.2 Å². The molecule has 57 heavy (non-hydrogen) atoms. The largest absolute Gasteiger partial charge is 0.462 e. The van der Waals surface area contributed by atoms with Crippen LogP contribution in [0.3, 0.4) is 0 Å². The van der Waals surface area contributed by atoms with Gasteiger partial charge in [-0.1, -0.05) is 214 Å². The number of rotatable bonds is 47. The molecule has 0 saturated heterocycles. The Morgan fingerprint density at radius 1 is 0.439 bits per heavy atom. The predicted molar refractivity (Wildman–Crippen MR) is 246 cm³/mol. The molecular weight excluding hydrogens is 707 g/mol. The normalized spacial score (nSPS) is 12.1. The second-order valence-electron chi connectivity index (χ2n) is 17.7. The first kappa shape index (κ1) is 55.9. The lowest BCUT2D eigenvalue weighted by Crippen LogP contribution is -2.35. The van der Waals surface area contributed by atoms with E-state index in [0.29, 0.717) is 32.6 Å². The number of carbonyl (C=O) groups excluding carboxylic acids is 2. The lowest BCUT2D eigenvalue weighted by molar-refractivity contribution is -0.150. The minimum atomic E-state index is -0.0230. The number of carbonyl (C=O) groups is 2. The van der Waals surface area contributed by atoms with Crippen molar-refractivity contribution in [1.82, 2.24) is 4.90 Å². The van der Waals surface area contributed by atoms with Crippen LogP contribution in [0.25, 0.3) is 0 Å². The number of esters is 1. The Balaban J connectivity index is 4.51. The zero-order chi connectivity index (χ0) is 41.7. The lowest BCUT2D eigenvalue weighted by Gasteiger charge is -2.23. The summed E-state index contributed by atoms with van der Waals surface area (Å²) in [4.78, 5) is 28.1. The summed E-state index contributed by atoms with van der Waals surface area (Å²) in [6.45, 7) is 11.2. The topological polar surface area (TPSA) is 76.1 Å². The first-order valence-corrected chi connectivity index (χ1v) is 25.7. The van der Waals surface area contributed by atoms with Crippen molar-refractivity contribution >= 4 is 11.9 Å². The van der Waals surface area contributed by atoms with Crippen molar-refractivity contribution in [3.05, 3.63) is 0 Å². The molecule has 0 spiro atoms. The summed E-state index contributed by atoms with van der Waals surface area (Å²) in [7, 11) is 0. The number of amides is 1. The highest BCUT2D eigenvalue weighted by Crippen LogP contribution is 2.25. The summed E-state index contributed by atoms with van der Waals surface area (Å²) in [6.07, 6.45) is 46.3. The molecule has 0 heterocycles. The quantitative estimate of drug-likeness (QED) is 0.0489. The van der Waals surface area contributed by atoms with Gasteiger partial charge in [-0.25, -0.2) is 0 Å². The molecule has 1 atom stereocenters. The third-order valence-corrected chi connectivity index (χ3v) is 12.1. The molecule has 0 aliphatic carbocycles. The molecule has 0 radical (unpaired) electrons. The van der Waals surface area contributed by atoms with Crippen LogP contribution in [0.1, 0.15) is 272 Å². The van der Waals surface area contributed by atoms with Crippen LogP contribution in [0.15, 0.2) is 0 Å². The van der Waals surface area contributed by atoms with Gasteiger partial charge in [-0.3, -0.25) is 9.59 Å². The van der Waals surface area contributed by atoms with Gasteiger partial charge in [-0.05, 0) is 50.9 Å². The van der Waals surface area contributed by atoms with E-state index in [0.717, 1.165) is 76.7 Å². The van der Waals surface area contributed by atoms with Crippen molar-refractivity contribution in [1.29, 1.82) is 0 Å². The maximum absolute atomic E-state index is 13.3. The third-order valence-electron chi connectivity index (χ3n) is 12.1. The third kappa shape index (κ3) is 40.1. The minimum Gasteiger partial charge on any atom is -0.462 e. The molecule has 0 aromatic rings. The van der Waals surface area contributed by atoms with Gasteiger partial charge in [-0.2, -0.15) is 0 Å². The molecule has 0 aromatic heterocycles. The molecule has 0 rings (SSSR count). The first-order chi connectivity index (χ1) is 28.0. The van der Waals surface area contributed by atoms with Gasteiger partial charge in [0.2, 0.25) is 5.91 Å². The van der Waals surface area contributed by atoms with E-state index in [-0.39, 0.29) is 24.6 Å². The molecule has 0 aliphatic heterocycles. The van der Waals surface area contributed by atoms with Crippen molar-refractivity contribution in [2.24, 2.45) is 5.92 Å². The van der Waals surface area contributed by atoms with Crippen LogP contribution in [0.4, 0.5) is 0 Å². The number of hydrogen-bond acceptors (Lipinski definition) is 5. The average molecular weight is 808 g/mol. The fraction of sp³-hybridized carbons (Fsp3) is 0.961. The molecular formula is C51H101NO5. The lowest BCUT2D eigenvalue weighted by atomic mass is 9.89. The summed E-state index contributed by atoms with van der Waals surface area (Å²) in [6, 6.07) is 0. The monoisotopic (exact) mass is 808 g/mol. The van der Waals surface area contributed by atoms with Gasteiger partial charge >= 0.3 is 5.97 Å². The van der Waals surface area contributed by atoms with Gasteiger partial charge in [0.25, 0.3) is 0 Å². The number of aliphatic hydroxyl groups excluding tert-OH is 1. The van der Waals surface area contributed by atoms with Crippen LogP contribution in [0.2, 0.25) is 0 Å². The van der Waals surface area contributed by atoms with Crippen LogP contribution >= 0.6 is 0 Å². The van der Waals surface area contributed by atoms with Gasteiger partial charge < -0.3 is 19.5 Å². The van der Waals surface area contributed by atoms with Crippen molar-refractivity contribution in [3.8, 4) is 0 Å². The molecule has 0 fully saturated rings. The van der Waals surface area contributed by atoms with Crippen molar-refractivity contribution in [2.75, 3.05) is 32.9 Å². The fourth-order valence-electron chi connectivity index (χ4n) is 8.34. The number of ether oxygens (including phenoxy) is 2. The van der Waals surface area contributed by atoms with Gasteiger partial charge in [0, 0.05) is 25.9 Å². The van der Waals surface area contributed by atoms with E-state index in [1.807, 2.05) is 4.90 Å². The summed E-state index contributed by atoms with van der Waals surface area (Å²) in [5, 5.41) is 9.13. The second-order valence-corrected chi connectivity index (χ2v) is 17.7. The minimum absolute atomic E-state index is 0.00781.